The van der Waals surface area contributed by atoms with Gasteiger partial charge in [-0.05, 0) is 51.3 Å². The number of fused-ring (bicyclic) bond motifs is 5. The maximum absolute atomic E-state index is 14.6. The van der Waals surface area contributed by atoms with Gasteiger partial charge in [0.1, 0.15) is 29.3 Å². The number of nitrogens with one attached hydrogen (secondary N) is 2. The predicted octanol–water partition coefficient (Wildman–Crippen LogP) is 3.80. The summed E-state index contributed by atoms with van der Waals surface area (Å²) in [5.41, 5.74) is 9.76. The first-order valence-electron chi connectivity index (χ1n) is 15.1. The Labute approximate surface area is 247 Å². The van der Waals surface area contributed by atoms with Crippen molar-refractivity contribution in [2.45, 2.75) is 62.8 Å². The highest BCUT2D eigenvalue weighted by Crippen LogP contribution is 2.43. The summed E-state index contributed by atoms with van der Waals surface area (Å²) in [6.45, 7) is 5.17. The number of aromatic nitrogens is 4. The van der Waals surface area contributed by atoms with Crippen LogP contribution in [0, 0.1) is 12.7 Å². The van der Waals surface area contributed by atoms with Gasteiger partial charge in [-0.1, -0.05) is 0 Å². The molecule has 0 amide bonds. The number of hydrogen-bond donors (Lipinski definition) is 3. The van der Waals surface area contributed by atoms with E-state index in [0.717, 1.165) is 51.1 Å². The van der Waals surface area contributed by atoms with Crippen molar-refractivity contribution >= 4 is 39.7 Å². The number of hydrogen-bond acceptors (Lipinski definition) is 11. The van der Waals surface area contributed by atoms with Crippen LogP contribution in [0.3, 0.4) is 0 Å². The van der Waals surface area contributed by atoms with Gasteiger partial charge < -0.3 is 30.4 Å². The van der Waals surface area contributed by atoms with Gasteiger partial charge in [-0.25, -0.2) is 13.8 Å². The molecule has 4 aliphatic rings. The molecule has 4 atom stereocenters. The van der Waals surface area contributed by atoms with Gasteiger partial charge in [-0.3, -0.25) is 4.90 Å². The summed E-state index contributed by atoms with van der Waals surface area (Å²) in [5, 5.41) is 7.02. The Hall–Kier alpha value is -3.84. The minimum atomic E-state index is -0.850. The Morgan fingerprint density at radius 1 is 1.12 bits per heavy atom. The molecule has 0 aliphatic carbocycles. The topological polar surface area (TPSA) is 130 Å². The fourth-order valence-electron chi connectivity index (χ4n) is 7.89. The van der Waals surface area contributed by atoms with Gasteiger partial charge in [0.15, 0.2) is 17.2 Å². The number of alkyl halides is 1. The maximum atomic E-state index is 14.6. The monoisotopic (exact) mass is 591 g/mol. The van der Waals surface area contributed by atoms with E-state index >= 15 is 0 Å². The van der Waals surface area contributed by atoms with E-state index in [1.807, 2.05) is 14.0 Å². The summed E-state index contributed by atoms with van der Waals surface area (Å²) in [6.07, 6.45) is 3.77. The molecule has 4 fully saturated rings. The predicted molar refractivity (Wildman–Crippen MR) is 160 cm³/mol. The number of aryl methyl sites for hydroxylation is 1. The van der Waals surface area contributed by atoms with E-state index in [1.54, 1.807) is 6.07 Å². The summed E-state index contributed by atoms with van der Waals surface area (Å²) < 4.78 is 40.9. The quantitative estimate of drug-likeness (QED) is 0.303. The SMILES string of the molecule is CNc1c(-c2ccc(F)c3oc(N)nc23)c(C)nc2c(N3CC4CCC(C3)N4)nc(OC[C@@]34CCCN3C[C@H](F)C4)nc12. The number of nitrogen functional groups attached to an aromatic ring is 1. The van der Waals surface area contributed by atoms with Crippen molar-refractivity contribution < 1.29 is 17.9 Å². The number of ether oxygens (including phenoxy) is 1. The van der Waals surface area contributed by atoms with Crippen LogP contribution in [0.2, 0.25) is 0 Å². The molecule has 8 rings (SSSR count). The normalized spacial score (nSPS) is 27.0. The summed E-state index contributed by atoms with van der Waals surface area (Å²) in [7, 11) is 1.82. The average molecular weight is 592 g/mol. The third-order valence-electron chi connectivity index (χ3n) is 9.75. The highest BCUT2D eigenvalue weighted by atomic mass is 19.1. The zero-order valence-electron chi connectivity index (χ0n) is 24.3. The lowest BCUT2D eigenvalue weighted by molar-refractivity contribution is 0.107. The lowest BCUT2D eigenvalue weighted by Gasteiger charge is -2.34. The Morgan fingerprint density at radius 3 is 2.72 bits per heavy atom. The molecular formula is C30H35F2N9O2. The van der Waals surface area contributed by atoms with Crippen LogP contribution in [0.25, 0.3) is 33.3 Å². The molecule has 11 nitrogen and oxygen atoms in total. The van der Waals surface area contributed by atoms with Crippen LogP contribution >= 0.6 is 0 Å². The molecule has 13 heteroatoms. The zero-order chi connectivity index (χ0) is 29.5. The first-order valence-corrected chi connectivity index (χ1v) is 15.1. The average Bonchev–Trinajstić information content (AvgIpc) is 3.73. The van der Waals surface area contributed by atoms with Gasteiger partial charge in [0.2, 0.25) is 0 Å². The van der Waals surface area contributed by atoms with Crippen LogP contribution in [0.1, 0.15) is 37.8 Å². The van der Waals surface area contributed by atoms with Gasteiger partial charge in [0.25, 0.3) is 6.01 Å². The molecule has 2 bridgehead atoms. The van der Waals surface area contributed by atoms with Crippen molar-refractivity contribution in [1.82, 2.24) is 30.2 Å². The summed E-state index contributed by atoms with van der Waals surface area (Å²) in [4.78, 5) is 23.7. The minimum absolute atomic E-state index is 0.0108. The number of nitrogens with zero attached hydrogens (tertiary/aromatic N) is 6. The van der Waals surface area contributed by atoms with E-state index in [9.17, 15) is 8.78 Å². The second kappa shape index (κ2) is 9.84. The largest absolute Gasteiger partial charge is 0.461 e. The fourth-order valence-corrected chi connectivity index (χ4v) is 7.89. The molecular weight excluding hydrogens is 556 g/mol. The first-order chi connectivity index (χ1) is 20.8. The molecule has 43 heavy (non-hydrogen) atoms. The summed E-state index contributed by atoms with van der Waals surface area (Å²) in [5.74, 6) is 0.173. The van der Waals surface area contributed by atoms with Gasteiger partial charge in [-0.2, -0.15) is 15.0 Å². The number of piperazine rings is 1. The molecule has 0 radical (unpaired) electrons. The molecule has 4 N–H and O–H groups in total. The van der Waals surface area contributed by atoms with Crippen LogP contribution in [0.5, 0.6) is 6.01 Å². The molecule has 0 spiro atoms. The molecule has 0 saturated carbocycles. The third-order valence-corrected chi connectivity index (χ3v) is 9.75. The molecule has 4 aromatic rings. The van der Waals surface area contributed by atoms with Crippen molar-refractivity contribution in [1.29, 1.82) is 0 Å². The minimum Gasteiger partial charge on any atom is -0.461 e. The van der Waals surface area contributed by atoms with E-state index in [4.69, 9.17) is 29.8 Å². The van der Waals surface area contributed by atoms with Crippen LogP contribution in [-0.4, -0.2) is 88.5 Å². The number of nitrogens with two attached hydrogens (primary N) is 1. The maximum Gasteiger partial charge on any atom is 0.319 e. The second-order valence-electron chi connectivity index (χ2n) is 12.5. The van der Waals surface area contributed by atoms with Crippen molar-refractivity contribution in [3.8, 4) is 17.1 Å². The van der Waals surface area contributed by atoms with Gasteiger partial charge >= 0.3 is 6.01 Å². The van der Waals surface area contributed by atoms with Gasteiger partial charge in [-0.15, -0.1) is 0 Å². The number of anilines is 3. The van der Waals surface area contributed by atoms with Gasteiger partial charge in [0, 0.05) is 62.0 Å². The molecule has 226 valence electrons. The standard InChI is InChI=1S/C30H35F2N9O2/c1-15-21(19-6-7-20(32)26-22(19)37-28(33)43-26)23(34-2)24-25(35-15)27(40-12-17-4-5-18(13-40)36-17)39-29(38-24)42-14-30-8-3-9-41(30)11-16(31)10-30/h6-7,16-18,36H,3-5,8-14H2,1-2H3,(H2,33,37)(H,34,35)/t16-,17?,18?,30+/m1/s1. The molecule has 4 aliphatic heterocycles. The van der Waals surface area contributed by atoms with E-state index in [1.165, 1.54) is 6.07 Å². The van der Waals surface area contributed by atoms with Crippen molar-refractivity contribution in [3.63, 3.8) is 0 Å². The van der Waals surface area contributed by atoms with Crippen LogP contribution < -0.4 is 26.0 Å². The highest BCUT2D eigenvalue weighted by Gasteiger charge is 2.49. The smallest absolute Gasteiger partial charge is 0.319 e. The molecule has 2 unspecified atom stereocenters. The lowest BCUT2D eigenvalue weighted by atomic mass is 9.95. The number of pyridine rings is 1. The molecule has 7 heterocycles. The number of halogens is 2. The van der Waals surface area contributed by atoms with E-state index in [0.29, 0.717) is 70.7 Å². The Balaban J connectivity index is 1.29. The van der Waals surface area contributed by atoms with E-state index in [-0.39, 0.29) is 23.1 Å². The van der Waals surface area contributed by atoms with Gasteiger partial charge in [0.05, 0.1) is 11.2 Å². The number of benzene rings is 1. The highest BCUT2D eigenvalue weighted by molar-refractivity contribution is 6.06. The number of oxazole rings is 1. The van der Waals surface area contributed by atoms with Crippen molar-refractivity contribution in [2.24, 2.45) is 0 Å². The fraction of sp³-hybridized carbons (Fsp3) is 0.533. The third kappa shape index (κ3) is 4.27. The van der Waals surface area contributed by atoms with Crippen LogP contribution in [0.4, 0.5) is 26.3 Å². The number of rotatable bonds is 6. The molecule has 1 aromatic carbocycles. The van der Waals surface area contributed by atoms with Crippen molar-refractivity contribution in [3.05, 3.63) is 23.6 Å². The zero-order valence-corrected chi connectivity index (χ0v) is 24.3. The first kappa shape index (κ1) is 26.8. The molecule has 3 aromatic heterocycles. The Bertz CT molecular complexity index is 1740. The van der Waals surface area contributed by atoms with E-state index < -0.39 is 12.0 Å². The Morgan fingerprint density at radius 2 is 1.93 bits per heavy atom. The lowest BCUT2D eigenvalue weighted by Crippen LogP contribution is -2.51. The van der Waals surface area contributed by atoms with Crippen LogP contribution in [0.15, 0.2) is 16.5 Å². The van der Waals surface area contributed by atoms with Crippen LogP contribution in [-0.2, 0) is 0 Å². The molecule has 4 saturated heterocycles. The Kier molecular flexibility index (Phi) is 6.13. The van der Waals surface area contributed by atoms with E-state index in [2.05, 4.69) is 25.4 Å². The van der Waals surface area contributed by atoms with Crippen molar-refractivity contribution in [2.75, 3.05) is 55.8 Å². The second-order valence-corrected chi connectivity index (χ2v) is 12.5. The summed E-state index contributed by atoms with van der Waals surface area (Å²) in [6, 6.07) is 3.89. The summed E-state index contributed by atoms with van der Waals surface area (Å²) >= 11 is 0.